The highest BCUT2D eigenvalue weighted by Gasteiger charge is 2.29. The Morgan fingerprint density at radius 2 is 1.94 bits per heavy atom. The summed E-state index contributed by atoms with van der Waals surface area (Å²) in [7, 11) is 0. The summed E-state index contributed by atoms with van der Waals surface area (Å²) < 4.78 is 10.1. The van der Waals surface area contributed by atoms with Gasteiger partial charge in [-0.15, -0.1) is 0 Å². The molecular formula is C11H19NO4. The Balaban J connectivity index is 3.94. The minimum absolute atomic E-state index is 0.0779. The second-order valence-corrected chi connectivity index (χ2v) is 3.71. The topological polar surface area (TPSA) is 78.6 Å². The predicted octanol–water partition coefficient (Wildman–Crippen LogP) is 0.776. The van der Waals surface area contributed by atoms with Crippen LogP contribution in [-0.4, -0.2) is 30.7 Å². The van der Waals surface area contributed by atoms with Gasteiger partial charge >= 0.3 is 5.97 Å². The molecule has 0 aliphatic carbocycles. The molecule has 0 bridgehead atoms. The predicted molar refractivity (Wildman–Crippen MR) is 59.6 cm³/mol. The zero-order valence-electron chi connectivity index (χ0n) is 10.0. The summed E-state index contributed by atoms with van der Waals surface area (Å²) in [5.41, 5.74) is 4.51. The third-order valence-corrected chi connectivity index (χ3v) is 2.28. The maximum atomic E-state index is 11.1. The van der Waals surface area contributed by atoms with Gasteiger partial charge in [-0.2, -0.15) is 0 Å². The van der Waals surface area contributed by atoms with Crippen molar-refractivity contribution in [2.75, 3.05) is 13.2 Å². The molecule has 5 heteroatoms. The molecule has 0 fully saturated rings. The molecule has 0 rings (SSSR count). The van der Waals surface area contributed by atoms with Crippen molar-refractivity contribution in [1.29, 1.82) is 0 Å². The van der Waals surface area contributed by atoms with Crippen molar-refractivity contribution >= 4 is 11.9 Å². The first-order valence-electron chi connectivity index (χ1n) is 5.10. The Labute approximate surface area is 95.6 Å². The smallest absolute Gasteiger partial charge is 0.333 e. The number of ether oxygens (including phenoxy) is 2. The Kier molecular flexibility index (Phi) is 5.74. The first-order valence-corrected chi connectivity index (χ1v) is 5.10. The fraction of sp³-hybridized carbons (Fsp3) is 0.636. The van der Waals surface area contributed by atoms with E-state index in [2.05, 4.69) is 6.58 Å². The largest absolute Gasteiger partial charge is 0.460 e. The van der Waals surface area contributed by atoms with E-state index >= 15 is 0 Å². The summed E-state index contributed by atoms with van der Waals surface area (Å²) in [5.74, 6) is -0.998. The van der Waals surface area contributed by atoms with Gasteiger partial charge in [-0.25, -0.2) is 4.79 Å². The van der Waals surface area contributed by atoms with Crippen LogP contribution in [0.1, 0.15) is 27.2 Å². The van der Waals surface area contributed by atoms with E-state index in [-0.39, 0.29) is 13.2 Å². The monoisotopic (exact) mass is 229 g/mol. The Morgan fingerprint density at radius 3 is 2.31 bits per heavy atom. The van der Waals surface area contributed by atoms with E-state index < -0.39 is 17.5 Å². The van der Waals surface area contributed by atoms with Crippen molar-refractivity contribution in [2.24, 2.45) is 5.73 Å². The van der Waals surface area contributed by atoms with Gasteiger partial charge in [0.1, 0.15) is 12.2 Å². The number of carbonyl (C=O) groups is 2. The molecule has 0 aromatic carbocycles. The lowest BCUT2D eigenvalue weighted by molar-refractivity contribution is -0.149. The SMILES string of the molecule is C=C(C)C(=O)OCCOC(C)(CC)C(N)=O. The van der Waals surface area contributed by atoms with Gasteiger partial charge in [-0.3, -0.25) is 4.79 Å². The summed E-state index contributed by atoms with van der Waals surface area (Å²) in [6, 6.07) is 0. The van der Waals surface area contributed by atoms with E-state index in [0.717, 1.165) is 0 Å². The molecule has 16 heavy (non-hydrogen) atoms. The van der Waals surface area contributed by atoms with Crippen molar-refractivity contribution in [3.05, 3.63) is 12.2 Å². The lowest BCUT2D eigenvalue weighted by Gasteiger charge is -2.24. The fourth-order valence-corrected chi connectivity index (χ4v) is 0.872. The lowest BCUT2D eigenvalue weighted by Crippen LogP contribution is -2.43. The molecular weight excluding hydrogens is 210 g/mol. The van der Waals surface area contributed by atoms with E-state index in [0.29, 0.717) is 12.0 Å². The minimum Gasteiger partial charge on any atom is -0.460 e. The summed E-state index contributed by atoms with van der Waals surface area (Å²) in [4.78, 5) is 22.1. The molecule has 0 aliphatic rings. The molecule has 0 aliphatic heterocycles. The quantitative estimate of drug-likeness (QED) is 0.397. The molecule has 0 heterocycles. The first-order chi connectivity index (χ1) is 7.33. The maximum absolute atomic E-state index is 11.1. The summed E-state index contributed by atoms with van der Waals surface area (Å²) in [6.45, 7) is 8.61. The van der Waals surface area contributed by atoms with Crippen molar-refractivity contribution in [1.82, 2.24) is 0 Å². The molecule has 1 unspecified atom stereocenters. The van der Waals surface area contributed by atoms with E-state index in [1.807, 2.05) is 0 Å². The highest BCUT2D eigenvalue weighted by molar-refractivity contribution is 5.86. The molecule has 0 spiro atoms. The Bertz CT molecular complexity index is 288. The standard InChI is InChI=1S/C11H19NO4/c1-5-11(4,10(12)14)16-7-6-15-9(13)8(2)3/h2,5-7H2,1,3-4H3,(H2,12,14). The normalized spacial score (nSPS) is 13.9. The van der Waals surface area contributed by atoms with Gasteiger partial charge in [-0.05, 0) is 20.3 Å². The molecule has 0 aromatic rings. The average molecular weight is 229 g/mol. The molecule has 2 N–H and O–H groups in total. The Hall–Kier alpha value is -1.36. The lowest BCUT2D eigenvalue weighted by atomic mass is 10.0. The molecule has 0 radical (unpaired) electrons. The number of amides is 1. The third kappa shape index (κ3) is 4.44. The van der Waals surface area contributed by atoms with Gasteiger partial charge < -0.3 is 15.2 Å². The molecule has 92 valence electrons. The zero-order chi connectivity index (χ0) is 12.8. The van der Waals surface area contributed by atoms with E-state index in [4.69, 9.17) is 15.2 Å². The van der Waals surface area contributed by atoms with Crippen LogP contribution in [0.15, 0.2) is 12.2 Å². The molecule has 5 nitrogen and oxygen atoms in total. The highest BCUT2D eigenvalue weighted by Crippen LogP contribution is 2.13. The highest BCUT2D eigenvalue weighted by atomic mass is 16.6. The number of primary amides is 1. The minimum atomic E-state index is -1.00. The molecule has 0 saturated heterocycles. The van der Waals surface area contributed by atoms with Gasteiger partial charge in [0.15, 0.2) is 0 Å². The summed E-state index contributed by atoms with van der Waals surface area (Å²) in [5, 5.41) is 0. The molecule has 0 saturated carbocycles. The molecule has 1 amide bonds. The van der Waals surface area contributed by atoms with Crippen molar-refractivity contribution < 1.29 is 19.1 Å². The second kappa shape index (κ2) is 6.27. The second-order valence-electron chi connectivity index (χ2n) is 3.71. The molecule has 1 atom stereocenters. The van der Waals surface area contributed by atoms with Crippen molar-refractivity contribution in [2.45, 2.75) is 32.8 Å². The number of nitrogens with two attached hydrogens (primary N) is 1. The van der Waals surface area contributed by atoms with Gasteiger partial charge in [0.2, 0.25) is 5.91 Å². The van der Waals surface area contributed by atoms with Crippen LogP contribution in [0.5, 0.6) is 0 Å². The number of carbonyl (C=O) groups excluding carboxylic acids is 2. The van der Waals surface area contributed by atoms with Crippen LogP contribution in [0.4, 0.5) is 0 Å². The first kappa shape index (κ1) is 14.6. The van der Waals surface area contributed by atoms with Crippen LogP contribution in [-0.2, 0) is 19.1 Å². The van der Waals surface area contributed by atoms with E-state index in [1.54, 1.807) is 20.8 Å². The van der Waals surface area contributed by atoms with Crippen molar-refractivity contribution in [3.63, 3.8) is 0 Å². The van der Waals surface area contributed by atoms with Crippen LogP contribution >= 0.6 is 0 Å². The number of hydrogen-bond donors (Lipinski definition) is 1. The number of hydrogen-bond acceptors (Lipinski definition) is 4. The third-order valence-electron chi connectivity index (χ3n) is 2.28. The number of esters is 1. The van der Waals surface area contributed by atoms with Crippen LogP contribution in [0.2, 0.25) is 0 Å². The average Bonchev–Trinajstić information content (AvgIpc) is 2.23. The van der Waals surface area contributed by atoms with Crippen LogP contribution in [0, 0.1) is 0 Å². The van der Waals surface area contributed by atoms with Crippen molar-refractivity contribution in [3.8, 4) is 0 Å². The Morgan fingerprint density at radius 1 is 1.38 bits per heavy atom. The van der Waals surface area contributed by atoms with Gasteiger partial charge in [0, 0.05) is 5.57 Å². The number of rotatable bonds is 7. The van der Waals surface area contributed by atoms with Gasteiger partial charge in [0.05, 0.1) is 6.61 Å². The van der Waals surface area contributed by atoms with Crippen LogP contribution in [0.25, 0.3) is 0 Å². The zero-order valence-corrected chi connectivity index (χ0v) is 10.0. The summed E-state index contributed by atoms with van der Waals surface area (Å²) in [6.07, 6.45) is 0.469. The van der Waals surface area contributed by atoms with Gasteiger partial charge in [-0.1, -0.05) is 13.5 Å². The summed E-state index contributed by atoms with van der Waals surface area (Å²) >= 11 is 0. The van der Waals surface area contributed by atoms with Gasteiger partial charge in [0.25, 0.3) is 0 Å². The van der Waals surface area contributed by atoms with E-state index in [1.165, 1.54) is 0 Å². The fourth-order valence-electron chi connectivity index (χ4n) is 0.872. The van der Waals surface area contributed by atoms with E-state index in [9.17, 15) is 9.59 Å². The maximum Gasteiger partial charge on any atom is 0.333 e. The molecule has 0 aromatic heterocycles. The van der Waals surface area contributed by atoms with Crippen LogP contribution < -0.4 is 5.73 Å². The van der Waals surface area contributed by atoms with Crippen LogP contribution in [0.3, 0.4) is 0 Å².